The topological polar surface area (TPSA) is 34.1 Å². The molecule has 0 saturated heterocycles. The van der Waals surface area contributed by atoms with Crippen molar-refractivity contribution in [3.05, 3.63) is 22.4 Å². The molecule has 0 aromatic carbocycles. The summed E-state index contributed by atoms with van der Waals surface area (Å²) in [6, 6.07) is 1.84. The Balaban J connectivity index is 3.02. The number of pyridine rings is 1. The van der Waals surface area contributed by atoms with Crippen LogP contribution in [-0.2, 0) is 6.54 Å². The van der Waals surface area contributed by atoms with Crippen molar-refractivity contribution in [1.29, 1.82) is 0 Å². The standard InChI is InChI=1S/C8H11BrN2O/c1-10-5-6-7(12-2)3-4-11-8(6)9/h3-4,10H,5H2,1-2H3. The van der Waals surface area contributed by atoms with Crippen molar-refractivity contribution in [2.75, 3.05) is 14.2 Å². The van der Waals surface area contributed by atoms with Gasteiger partial charge in [-0.2, -0.15) is 0 Å². The van der Waals surface area contributed by atoms with Crippen LogP contribution in [0.5, 0.6) is 5.75 Å². The van der Waals surface area contributed by atoms with Crippen molar-refractivity contribution < 1.29 is 4.74 Å². The molecule has 1 N–H and O–H groups in total. The maximum absolute atomic E-state index is 5.17. The van der Waals surface area contributed by atoms with E-state index in [1.165, 1.54) is 0 Å². The van der Waals surface area contributed by atoms with Crippen molar-refractivity contribution >= 4 is 15.9 Å². The zero-order chi connectivity index (χ0) is 8.97. The first-order chi connectivity index (χ1) is 5.79. The van der Waals surface area contributed by atoms with Crippen molar-refractivity contribution in [3.63, 3.8) is 0 Å². The van der Waals surface area contributed by atoms with Crippen LogP contribution in [-0.4, -0.2) is 19.1 Å². The van der Waals surface area contributed by atoms with E-state index in [4.69, 9.17) is 4.74 Å². The molecule has 0 aliphatic carbocycles. The molecule has 0 radical (unpaired) electrons. The third-order valence-corrected chi connectivity index (χ3v) is 2.22. The van der Waals surface area contributed by atoms with E-state index < -0.39 is 0 Å². The maximum Gasteiger partial charge on any atom is 0.127 e. The number of halogens is 1. The molecule has 4 heteroatoms. The molecule has 12 heavy (non-hydrogen) atoms. The second kappa shape index (κ2) is 4.42. The number of ether oxygens (including phenoxy) is 1. The summed E-state index contributed by atoms with van der Waals surface area (Å²) in [4.78, 5) is 4.10. The van der Waals surface area contributed by atoms with E-state index >= 15 is 0 Å². The van der Waals surface area contributed by atoms with Crippen LogP contribution in [0.25, 0.3) is 0 Å². The fourth-order valence-corrected chi connectivity index (χ4v) is 1.43. The lowest BCUT2D eigenvalue weighted by Gasteiger charge is -2.08. The Hall–Kier alpha value is -0.610. The van der Waals surface area contributed by atoms with Gasteiger partial charge in [0, 0.05) is 18.3 Å². The molecule has 3 nitrogen and oxygen atoms in total. The second-order valence-corrected chi connectivity index (χ2v) is 3.06. The Morgan fingerprint density at radius 2 is 2.42 bits per heavy atom. The Morgan fingerprint density at radius 3 is 3.00 bits per heavy atom. The van der Waals surface area contributed by atoms with E-state index in [1.54, 1.807) is 13.3 Å². The maximum atomic E-state index is 5.17. The Morgan fingerprint density at radius 1 is 1.67 bits per heavy atom. The van der Waals surface area contributed by atoms with E-state index in [1.807, 2.05) is 13.1 Å². The molecule has 0 amide bonds. The van der Waals surface area contributed by atoms with Gasteiger partial charge in [0.05, 0.1) is 7.11 Å². The van der Waals surface area contributed by atoms with Crippen LogP contribution >= 0.6 is 15.9 Å². The van der Waals surface area contributed by atoms with Gasteiger partial charge in [-0.3, -0.25) is 0 Å². The predicted octanol–water partition coefficient (Wildman–Crippen LogP) is 1.57. The van der Waals surface area contributed by atoms with Crippen molar-refractivity contribution in [2.24, 2.45) is 0 Å². The number of hydrogen-bond acceptors (Lipinski definition) is 3. The zero-order valence-electron chi connectivity index (χ0n) is 7.10. The SMILES string of the molecule is CNCc1c(OC)ccnc1Br. The quantitative estimate of drug-likeness (QED) is 0.802. The minimum absolute atomic E-state index is 0.748. The second-order valence-electron chi connectivity index (χ2n) is 2.31. The van der Waals surface area contributed by atoms with Gasteiger partial charge in [-0.15, -0.1) is 0 Å². The van der Waals surface area contributed by atoms with Gasteiger partial charge in [-0.1, -0.05) is 0 Å². The lowest BCUT2D eigenvalue weighted by Crippen LogP contribution is -2.07. The van der Waals surface area contributed by atoms with E-state index in [-0.39, 0.29) is 0 Å². The molecule has 1 aromatic rings. The molecule has 0 spiro atoms. The van der Waals surface area contributed by atoms with Gasteiger partial charge in [0.1, 0.15) is 10.4 Å². The highest BCUT2D eigenvalue weighted by molar-refractivity contribution is 9.10. The van der Waals surface area contributed by atoms with E-state index in [2.05, 4.69) is 26.2 Å². The third-order valence-electron chi connectivity index (χ3n) is 1.53. The Kier molecular flexibility index (Phi) is 3.49. The Labute approximate surface area is 80.3 Å². The van der Waals surface area contributed by atoms with Gasteiger partial charge in [0.15, 0.2) is 0 Å². The zero-order valence-corrected chi connectivity index (χ0v) is 8.68. The third kappa shape index (κ3) is 1.95. The highest BCUT2D eigenvalue weighted by Crippen LogP contribution is 2.23. The van der Waals surface area contributed by atoms with Crippen LogP contribution in [0.1, 0.15) is 5.56 Å². The number of rotatable bonds is 3. The number of hydrogen-bond donors (Lipinski definition) is 1. The highest BCUT2D eigenvalue weighted by Gasteiger charge is 2.05. The lowest BCUT2D eigenvalue weighted by molar-refractivity contribution is 0.407. The van der Waals surface area contributed by atoms with Crippen LogP contribution in [0.15, 0.2) is 16.9 Å². The molecule has 0 saturated carbocycles. The van der Waals surface area contributed by atoms with Gasteiger partial charge in [0.25, 0.3) is 0 Å². The molecular formula is C8H11BrN2O. The number of nitrogens with zero attached hydrogens (tertiary/aromatic N) is 1. The van der Waals surface area contributed by atoms with E-state index in [9.17, 15) is 0 Å². The van der Waals surface area contributed by atoms with Gasteiger partial charge in [0.2, 0.25) is 0 Å². The molecule has 0 atom stereocenters. The average Bonchev–Trinajstić information content (AvgIpc) is 2.09. The minimum Gasteiger partial charge on any atom is -0.496 e. The number of aromatic nitrogens is 1. The molecule has 0 unspecified atom stereocenters. The molecule has 0 aliphatic heterocycles. The highest BCUT2D eigenvalue weighted by atomic mass is 79.9. The number of nitrogens with one attached hydrogen (secondary N) is 1. The van der Waals surface area contributed by atoms with Gasteiger partial charge < -0.3 is 10.1 Å². The smallest absolute Gasteiger partial charge is 0.127 e. The van der Waals surface area contributed by atoms with Gasteiger partial charge >= 0.3 is 0 Å². The van der Waals surface area contributed by atoms with Crippen molar-refractivity contribution in [3.8, 4) is 5.75 Å². The van der Waals surface area contributed by atoms with E-state index in [0.717, 1.165) is 22.5 Å². The van der Waals surface area contributed by atoms with Crippen LogP contribution in [0, 0.1) is 0 Å². The van der Waals surface area contributed by atoms with Gasteiger partial charge in [-0.25, -0.2) is 4.98 Å². The van der Waals surface area contributed by atoms with Gasteiger partial charge in [-0.05, 0) is 29.0 Å². The lowest BCUT2D eigenvalue weighted by atomic mass is 10.2. The molecule has 0 fully saturated rings. The largest absolute Gasteiger partial charge is 0.496 e. The first-order valence-electron chi connectivity index (χ1n) is 3.61. The molecule has 1 aromatic heterocycles. The number of methoxy groups -OCH3 is 1. The van der Waals surface area contributed by atoms with E-state index in [0.29, 0.717) is 0 Å². The molecule has 0 aliphatic rings. The summed E-state index contributed by atoms with van der Waals surface area (Å²) in [5, 5.41) is 3.05. The van der Waals surface area contributed by atoms with Crippen LogP contribution < -0.4 is 10.1 Å². The summed E-state index contributed by atoms with van der Waals surface area (Å²) in [7, 11) is 3.54. The van der Waals surface area contributed by atoms with Crippen molar-refractivity contribution in [1.82, 2.24) is 10.3 Å². The first-order valence-corrected chi connectivity index (χ1v) is 4.41. The molecule has 66 valence electrons. The summed E-state index contributed by atoms with van der Waals surface area (Å²) in [5.41, 5.74) is 1.04. The minimum atomic E-state index is 0.748. The van der Waals surface area contributed by atoms with Crippen molar-refractivity contribution in [2.45, 2.75) is 6.54 Å². The fourth-order valence-electron chi connectivity index (χ4n) is 0.979. The average molecular weight is 231 g/mol. The van der Waals surface area contributed by atoms with Crippen LogP contribution in [0.3, 0.4) is 0 Å². The summed E-state index contributed by atoms with van der Waals surface area (Å²) in [6.45, 7) is 0.748. The molecular weight excluding hydrogens is 220 g/mol. The first kappa shape index (κ1) is 9.48. The van der Waals surface area contributed by atoms with Crippen LogP contribution in [0.4, 0.5) is 0 Å². The molecule has 0 bridgehead atoms. The fraction of sp³-hybridized carbons (Fsp3) is 0.375. The summed E-state index contributed by atoms with van der Waals surface area (Å²) in [6.07, 6.45) is 1.71. The van der Waals surface area contributed by atoms with Crippen LogP contribution in [0.2, 0.25) is 0 Å². The normalized spacial score (nSPS) is 9.92. The molecule has 1 heterocycles. The predicted molar refractivity (Wildman–Crippen MR) is 51.3 cm³/mol. The Bertz CT molecular complexity index is 265. The molecule has 1 rings (SSSR count). The summed E-state index contributed by atoms with van der Waals surface area (Å²) >= 11 is 3.36. The monoisotopic (exact) mass is 230 g/mol. The summed E-state index contributed by atoms with van der Waals surface area (Å²) in [5.74, 6) is 0.853. The summed E-state index contributed by atoms with van der Waals surface area (Å²) < 4.78 is 6.00.